The van der Waals surface area contributed by atoms with Crippen molar-refractivity contribution >= 4 is 12.3 Å². The highest BCUT2D eigenvalue weighted by atomic mass is 16.5. The van der Waals surface area contributed by atoms with E-state index in [9.17, 15) is 4.79 Å². The number of aryl methyl sites for hydroxylation is 1. The summed E-state index contributed by atoms with van der Waals surface area (Å²) in [5.74, 6) is 0.590. The van der Waals surface area contributed by atoms with Gasteiger partial charge < -0.3 is 10.5 Å². The van der Waals surface area contributed by atoms with Crippen molar-refractivity contribution in [1.29, 1.82) is 0 Å². The van der Waals surface area contributed by atoms with Crippen LogP contribution in [0.5, 0.6) is 0 Å². The molecule has 0 aromatic carbocycles. The van der Waals surface area contributed by atoms with E-state index in [0.717, 1.165) is 6.42 Å². The fourth-order valence-electron chi connectivity index (χ4n) is 0.713. The zero-order valence-electron chi connectivity index (χ0n) is 10.6. The third-order valence-electron chi connectivity index (χ3n) is 1.49. The number of ether oxygens (including phenoxy) is 1. The van der Waals surface area contributed by atoms with Gasteiger partial charge in [-0.1, -0.05) is 26.8 Å². The van der Waals surface area contributed by atoms with Crippen molar-refractivity contribution in [2.45, 2.75) is 34.1 Å². The zero-order chi connectivity index (χ0) is 12.8. The Hall–Kier alpha value is -1.58. The number of nitrogens with two attached hydrogens (primary N) is 1. The lowest BCUT2D eigenvalue weighted by molar-refractivity contribution is -0.128. The number of aromatic nitrogens is 1. The van der Waals surface area contributed by atoms with Gasteiger partial charge in [-0.2, -0.15) is 0 Å². The molecule has 0 atom stereocenters. The van der Waals surface area contributed by atoms with E-state index in [2.05, 4.69) is 16.6 Å². The third-order valence-corrected chi connectivity index (χ3v) is 1.49. The monoisotopic (exact) mass is 226 g/mol. The molecule has 0 radical (unpaired) electrons. The minimum Gasteiger partial charge on any atom is -0.468 e. The molecule has 16 heavy (non-hydrogen) atoms. The second kappa shape index (κ2) is 13.4. The molecular weight excluding hydrogens is 204 g/mol. The lowest BCUT2D eigenvalue weighted by atomic mass is 10.2. The summed E-state index contributed by atoms with van der Waals surface area (Å²) >= 11 is 0. The molecule has 0 aliphatic heterocycles. The number of hydrogen-bond donors (Lipinski definition) is 1. The normalized spacial score (nSPS) is 7.75. The standard InChI is InChI=1S/C7H10N2.C3H6O2.C2H6/c1-2-6-3-4-7(8)9-5-6;1-2-5-3-4;1-2/h3-5H,2H2,1H3,(H2,8,9);3H,2H2,1H3;1-2H3. The number of nitrogens with zero attached hydrogens (tertiary/aromatic N) is 1. The lowest BCUT2D eigenvalue weighted by Crippen LogP contribution is -1.89. The highest BCUT2D eigenvalue weighted by Crippen LogP contribution is 2.00. The highest BCUT2D eigenvalue weighted by Gasteiger charge is 1.86. The molecule has 0 unspecified atom stereocenters. The minimum atomic E-state index is 0.431. The largest absolute Gasteiger partial charge is 0.468 e. The van der Waals surface area contributed by atoms with Crippen LogP contribution in [0.15, 0.2) is 18.3 Å². The molecule has 92 valence electrons. The Morgan fingerprint density at radius 2 is 2.00 bits per heavy atom. The molecule has 4 heteroatoms. The molecule has 0 bridgehead atoms. The van der Waals surface area contributed by atoms with Crippen molar-refractivity contribution in [3.63, 3.8) is 0 Å². The molecule has 0 aliphatic rings. The Morgan fingerprint density at radius 1 is 1.38 bits per heavy atom. The van der Waals surface area contributed by atoms with Gasteiger partial charge >= 0.3 is 0 Å². The van der Waals surface area contributed by atoms with Gasteiger partial charge in [0, 0.05) is 6.20 Å². The Bertz CT molecular complexity index is 248. The van der Waals surface area contributed by atoms with Gasteiger partial charge in [-0.05, 0) is 25.0 Å². The summed E-state index contributed by atoms with van der Waals surface area (Å²) in [6.07, 6.45) is 2.82. The van der Waals surface area contributed by atoms with Gasteiger partial charge in [0.1, 0.15) is 5.82 Å². The predicted molar refractivity (Wildman–Crippen MR) is 67.1 cm³/mol. The minimum absolute atomic E-state index is 0.431. The van der Waals surface area contributed by atoms with E-state index in [1.54, 1.807) is 13.1 Å². The van der Waals surface area contributed by atoms with Crippen LogP contribution in [0.4, 0.5) is 5.82 Å². The lowest BCUT2D eigenvalue weighted by Gasteiger charge is -1.93. The first kappa shape index (κ1) is 16.8. The van der Waals surface area contributed by atoms with Gasteiger partial charge in [-0.3, -0.25) is 4.79 Å². The van der Waals surface area contributed by atoms with E-state index in [0.29, 0.717) is 18.9 Å². The summed E-state index contributed by atoms with van der Waals surface area (Å²) in [4.78, 5) is 13.1. The van der Waals surface area contributed by atoms with Crippen LogP contribution in [-0.2, 0) is 16.0 Å². The Kier molecular flexibility index (Phi) is 14.1. The van der Waals surface area contributed by atoms with Crippen molar-refractivity contribution in [3.05, 3.63) is 23.9 Å². The number of carbonyl (C=O) groups is 1. The van der Waals surface area contributed by atoms with Crippen molar-refractivity contribution in [3.8, 4) is 0 Å². The number of anilines is 1. The average molecular weight is 226 g/mol. The van der Waals surface area contributed by atoms with Crippen molar-refractivity contribution in [2.75, 3.05) is 12.3 Å². The first-order valence-electron chi connectivity index (χ1n) is 5.50. The Labute approximate surface area is 97.8 Å². The van der Waals surface area contributed by atoms with Crippen LogP contribution in [-0.4, -0.2) is 18.1 Å². The van der Waals surface area contributed by atoms with Crippen LogP contribution in [0.3, 0.4) is 0 Å². The average Bonchev–Trinajstić information content (AvgIpc) is 2.34. The smallest absolute Gasteiger partial charge is 0.293 e. The summed E-state index contributed by atoms with van der Waals surface area (Å²) in [7, 11) is 0. The number of nitrogen functional groups attached to an aromatic ring is 1. The molecule has 0 saturated heterocycles. The number of pyridine rings is 1. The number of carbonyl (C=O) groups excluding carboxylic acids is 1. The molecule has 0 saturated carbocycles. The van der Waals surface area contributed by atoms with Crippen LogP contribution in [0.2, 0.25) is 0 Å². The second-order valence-corrected chi connectivity index (χ2v) is 2.50. The summed E-state index contributed by atoms with van der Waals surface area (Å²) < 4.78 is 4.15. The first-order chi connectivity index (χ1) is 7.74. The van der Waals surface area contributed by atoms with Gasteiger partial charge in [0.2, 0.25) is 0 Å². The van der Waals surface area contributed by atoms with Gasteiger partial charge in [0.05, 0.1) is 6.61 Å². The quantitative estimate of drug-likeness (QED) is 0.804. The topological polar surface area (TPSA) is 65.2 Å². The van der Waals surface area contributed by atoms with Crippen molar-refractivity contribution < 1.29 is 9.53 Å². The molecule has 0 aliphatic carbocycles. The highest BCUT2D eigenvalue weighted by molar-refractivity contribution is 5.36. The van der Waals surface area contributed by atoms with Gasteiger partial charge in [0.15, 0.2) is 0 Å². The Morgan fingerprint density at radius 3 is 2.25 bits per heavy atom. The summed E-state index contributed by atoms with van der Waals surface area (Å²) in [6, 6.07) is 3.81. The summed E-state index contributed by atoms with van der Waals surface area (Å²) in [6.45, 7) is 8.76. The maximum atomic E-state index is 9.18. The van der Waals surface area contributed by atoms with Crippen LogP contribution in [0.1, 0.15) is 33.3 Å². The van der Waals surface area contributed by atoms with E-state index >= 15 is 0 Å². The molecule has 0 fully saturated rings. The van der Waals surface area contributed by atoms with E-state index in [1.165, 1.54) is 5.56 Å². The van der Waals surface area contributed by atoms with E-state index in [-0.39, 0.29) is 0 Å². The van der Waals surface area contributed by atoms with Crippen molar-refractivity contribution in [2.24, 2.45) is 0 Å². The predicted octanol–water partition coefficient (Wildman–Crippen LogP) is 2.43. The zero-order valence-corrected chi connectivity index (χ0v) is 10.6. The number of hydrogen-bond acceptors (Lipinski definition) is 4. The van der Waals surface area contributed by atoms with E-state index < -0.39 is 0 Å². The molecule has 1 heterocycles. The van der Waals surface area contributed by atoms with E-state index in [1.807, 2.05) is 26.0 Å². The maximum absolute atomic E-state index is 9.18. The fourth-order valence-corrected chi connectivity index (χ4v) is 0.713. The van der Waals surface area contributed by atoms with Gasteiger partial charge in [0.25, 0.3) is 6.47 Å². The van der Waals surface area contributed by atoms with E-state index in [4.69, 9.17) is 5.73 Å². The van der Waals surface area contributed by atoms with Crippen LogP contribution >= 0.6 is 0 Å². The SMILES string of the molecule is CC.CCOC=O.CCc1ccc(N)nc1. The molecule has 1 aromatic rings. The van der Waals surface area contributed by atoms with Crippen LogP contribution < -0.4 is 5.73 Å². The van der Waals surface area contributed by atoms with Gasteiger partial charge in [-0.15, -0.1) is 0 Å². The Balaban J connectivity index is 0. The second-order valence-electron chi connectivity index (χ2n) is 2.50. The maximum Gasteiger partial charge on any atom is 0.293 e. The molecular formula is C12H22N2O2. The molecule has 0 spiro atoms. The fraction of sp³-hybridized carbons (Fsp3) is 0.500. The molecule has 4 nitrogen and oxygen atoms in total. The molecule has 1 aromatic heterocycles. The van der Waals surface area contributed by atoms with Crippen LogP contribution in [0.25, 0.3) is 0 Å². The summed E-state index contributed by atoms with van der Waals surface area (Å²) in [5, 5.41) is 0. The summed E-state index contributed by atoms with van der Waals surface area (Å²) in [5.41, 5.74) is 6.60. The molecule has 1 rings (SSSR count). The first-order valence-corrected chi connectivity index (χ1v) is 5.50. The van der Waals surface area contributed by atoms with Crippen LogP contribution in [0, 0.1) is 0 Å². The molecule has 0 amide bonds. The van der Waals surface area contributed by atoms with Gasteiger partial charge in [-0.25, -0.2) is 4.98 Å². The molecule has 2 N–H and O–H groups in total. The number of rotatable bonds is 3. The van der Waals surface area contributed by atoms with Crippen molar-refractivity contribution in [1.82, 2.24) is 4.98 Å². The third kappa shape index (κ3) is 10.5.